The molecule has 5 nitrogen and oxygen atoms in total. The summed E-state index contributed by atoms with van der Waals surface area (Å²) in [6.45, 7) is 0. The predicted molar refractivity (Wildman–Crippen MR) is 60.0 cm³/mol. The van der Waals surface area contributed by atoms with Gasteiger partial charge >= 0.3 is 12.1 Å². The van der Waals surface area contributed by atoms with Gasteiger partial charge < -0.3 is 16.2 Å². The summed E-state index contributed by atoms with van der Waals surface area (Å²) >= 11 is 0. The fourth-order valence-corrected chi connectivity index (χ4v) is 2.40. The van der Waals surface area contributed by atoms with Crippen molar-refractivity contribution in [3.63, 3.8) is 0 Å². The van der Waals surface area contributed by atoms with E-state index in [1.165, 1.54) is 0 Å². The molecule has 2 aliphatic rings. The van der Waals surface area contributed by atoms with E-state index in [0.29, 0.717) is 11.8 Å². The lowest BCUT2D eigenvalue weighted by atomic mass is 9.89. The molecule has 0 spiro atoms. The van der Waals surface area contributed by atoms with Crippen LogP contribution in [0.2, 0.25) is 0 Å². The first-order valence-electron chi connectivity index (χ1n) is 5.64. The Morgan fingerprint density at radius 1 is 1.32 bits per heavy atom. The highest BCUT2D eigenvalue weighted by molar-refractivity contribution is 5.80. The summed E-state index contributed by atoms with van der Waals surface area (Å²) in [7, 11) is 1.67. The maximum absolute atomic E-state index is 11.4. The molecule has 0 aromatic carbocycles. The normalized spacial score (nSPS) is 31.6. The average molecular weight is 280 g/mol. The molecule has 2 rings (SSSR count). The number of amides is 1. The van der Waals surface area contributed by atoms with Gasteiger partial charge in [-0.15, -0.1) is 0 Å². The van der Waals surface area contributed by atoms with E-state index in [-0.39, 0.29) is 17.9 Å². The number of nitrogens with two attached hydrogens (primary N) is 1. The molecular weight excluding hydrogens is 265 g/mol. The fraction of sp³-hybridized carbons (Fsp3) is 0.636. The summed E-state index contributed by atoms with van der Waals surface area (Å²) in [4.78, 5) is 20.3. The summed E-state index contributed by atoms with van der Waals surface area (Å²) in [5.41, 5.74) is 5.93. The number of carboxylic acid groups (broad SMARTS) is 1. The standard InChI is InChI=1S/C9H14N2O.C2HF3O2/c1-11-9(12)7-5-2-3-6(4-5)8(7)10;3-2(4,5)1(6)7/h2-3,5-8H,4,10H2,1H3,(H,11,12);(H,6,7)/t5-,6+,7+,8-;/m0./s1. The number of carbonyl (C=O) groups excluding carboxylic acids is 1. The lowest BCUT2D eigenvalue weighted by molar-refractivity contribution is -0.192. The quantitative estimate of drug-likeness (QED) is 0.610. The van der Waals surface area contributed by atoms with Crippen molar-refractivity contribution >= 4 is 11.9 Å². The van der Waals surface area contributed by atoms with Gasteiger partial charge in [0.05, 0.1) is 5.92 Å². The van der Waals surface area contributed by atoms with E-state index in [1.807, 2.05) is 0 Å². The topological polar surface area (TPSA) is 92.4 Å². The van der Waals surface area contributed by atoms with E-state index >= 15 is 0 Å². The van der Waals surface area contributed by atoms with Crippen LogP contribution in [-0.2, 0) is 9.59 Å². The molecule has 0 heterocycles. The molecule has 8 heteroatoms. The Bertz CT molecular complexity index is 395. The van der Waals surface area contributed by atoms with Gasteiger partial charge in [0.2, 0.25) is 5.91 Å². The van der Waals surface area contributed by atoms with E-state index in [0.717, 1.165) is 6.42 Å². The monoisotopic (exact) mass is 280 g/mol. The van der Waals surface area contributed by atoms with Crippen molar-refractivity contribution in [3.8, 4) is 0 Å². The maximum Gasteiger partial charge on any atom is 0.490 e. The highest BCUT2D eigenvalue weighted by atomic mass is 19.4. The summed E-state index contributed by atoms with van der Waals surface area (Å²) in [6.07, 6.45) is 0.266. The molecule has 0 aromatic heterocycles. The number of hydrogen-bond acceptors (Lipinski definition) is 3. The number of fused-ring (bicyclic) bond motifs is 2. The second kappa shape index (κ2) is 5.60. The molecule has 4 atom stereocenters. The fourth-order valence-electron chi connectivity index (χ4n) is 2.40. The number of hydrogen-bond donors (Lipinski definition) is 3. The molecule has 2 aliphatic carbocycles. The van der Waals surface area contributed by atoms with Gasteiger partial charge in [0.1, 0.15) is 0 Å². The second-order valence-corrected chi connectivity index (χ2v) is 4.47. The predicted octanol–water partition coefficient (Wildman–Crippen LogP) is 0.515. The van der Waals surface area contributed by atoms with Crippen LogP contribution in [0.1, 0.15) is 6.42 Å². The summed E-state index contributed by atoms with van der Waals surface area (Å²) < 4.78 is 31.7. The third-order valence-corrected chi connectivity index (χ3v) is 3.31. The zero-order valence-electron chi connectivity index (χ0n) is 10.1. The Morgan fingerprint density at radius 2 is 1.79 bits per heavy atom. The van der Waals surface area contributed by atoms with Crippen LogP contribution in [0.15, 0.2) is 12.2 Å². The van der Waals surface area contributed by atoms with E-state index in [2.05, 4.69) is 17.5 Å². The van der Waals surface area contributed by atoms with Crippen LogP contribution in [0.5, 0.6) is 0 Å². The van der Waals surface area contributed by atoms with Crippen molar-refractivity contribution in [2.24, 2.45) is 23.5 Å². The van der Waals surface area contributed by atoms with Gasteiger partial charge in [-0.2, -0.15) is 13.2 Å². The van der Waals surface area contributed by atoms with Crippen molar-refractivity contribution in [1.29, 1.82) is 0 Å². The molecule has 1 fully saturated rings. The number of halogens is 3. The molecule has 0 radical (unpaired) electrons. The first kappa shape index (κ1) is 15.5. The molecule has 0 aromatic rings. The second-order valence-electron chi connectivity index (χ2n) is 4.47. The molecule has 108 valence electrons. The molecule has 2 bridgehead atoms. The van der Waals surface area contributed by atoms with E-state index < -0.39 is 12.1 Å². The van der Waals surface area contributed by atoms with Crippen LogP contribution in [0.25, 0.3) is 0 Å². The molecule has 19 heavy (non-hydrogen) atoms. The SMILES string of the molecule is CNC(=O)[C@H]1[C@@H](N)[C@@H]2C=C[C@H]1C2.O=C(O)C(F)(F)F. The van der Waals surface area contributed by atoms with Gasteiger partial charge in [-0.05, 0) is 18.3 Å². The van der Waals surface area contributed by atoms with Gasteiger partial charge in [0.25, 0.3) is 0 Å². The van der Waals surface area contributed by atoms with Gasteiger partial charge in [-0.1, -0.05) is 12.2 Å². The minimum absolute atomic E-state index is 0.0185. The number of aliphatic carboxylic acids is 1. The smallest absolute Gasteiger partial charge is 0.475 e. The molecule has 4 N–H and O–H groups in total. The van der Waals surface area contributed by atoms with Gasteiger partial charge in [0.15, 0.2) is 0 Å². The molecule has 1 amide bonds. The number of rotatable bonds is 1. The lowest BCUT2D eigenvalue weighted by Gasteiger charge is -2.22. The molecular formula is C11H15F3N2O3. The minimum Gasteiger partial charge on any atom is -0.475 e. The summed E-state index contributed by atoms with van der Waals surface area (Å²) in [6, 6.07) is 0.0416. The van der Waals surface area contributed by atoms with Crippen molar-refractivity contribution in [2.45, 2.75) is 18.6 Å². The Balaban J connectivity index is 0.000000224. The van der Waals surface area contributed by atoms with Crippen LogP contribution in [-0.4, -0.2) is 36.2 Å². The third kappa shape index (κ3) is 3.46. The first-order valence-corrected chi connectivity index (χ1v) is 5.64. The van der Waals surface area contributed by atoms with Crippen molar-refractivity contribution < 1.29 is 27.9 Å². The van der Waals surface area contributed by atoms with Crippen molar-refractivity contribution in [2.75, 3.05) is 7.05 Å². The molecule has 0 unspecified atom stereocenters. The van der Waals surface area contributed by atoms with Gasteiger partial charge in [0, 0.05) is 13.1 Å². The van der Waals surface area contributed by atoms with Crippen LogP contribution in [0.3, 0.4) is 0 Å². The van der Waals surface area contributed by atoms with Gasteiger partial charge in [-0.25, -0.2) is 4.79 Å². The first-order chi connectivity index (χ1) is 8.68. The highest BCUT2D eigenvalue weighted by Gasteiger charge is 2.45. The number of carboxylic acids is 1. The Hall–Kier alpha value is -1.57. The average Bonchev–Trinajstić information content (AvgIpc) is 2.88. The van der Waals surface area contributed by atoms with Crippen LogP contribution in [0.4, 0.5) is 13.2 Å². The van der Waals surface area contributed by atoms with Crippen molar-refractivity contribution in [3.05, 3.63) is 12.2 Å². The molecule has 0 aliphatic heterocycles. The van der Waals surface area contributed by atoms with Gasteiger partial charge in [-0.3, -0.25) is 4.79 Å². The maximum atomic E-state index is 11.4. The highest BCUT2D eigenvalue weighted by Crippen LogP contribution is 2.42. The Kier molecular flexibility index (Phi) is 4.56. The summed E-state index contributed by atoms with van der Waals surface area (Å²) in [5, 5.41) is 9.79. The number of allylic oxidation sites excluding steroid dienone is 1. The molecule has 1 saturated carbocycles. The van der Waals surface area contributed by atoms with Crippen LogP contribution < -0.4 is 11.1 Å². The molecule has 0 saturated heterocycles. The minimum atomic E-state index is -5.08. The largest absolute Gasteiger partial charge is 0.490 e. The van der Waals surface area contributed by atoms with Crippen molar-refractivity contribution in [1.82, 2.24) is 5.32 Å². The lowest BCUT2D eigenvalue weighted by Crippen LogP contribution is -2.42. The van der Waals surface area contributed by atoms with Crippen LogP contribution >= 0.6 is 0 Å². The number of nitrogens with one attached hydrogen (secondary N) is 1. The van der Waals surface area contributed by atoms with E-state index in [1.54, 1.807) is 7.05 Å². The third-order valence-electron chi connectivity index (χ3n) is 3.31. The Labute approximate surface area is 107 Å². The zero-order valence-corrected chi connectivity index (χ0v) is 10.1. The number of carbonyl (C=O) groups is 2. The summed E-state index contributed by atoms with van der Waals surface area (Å²) in [5.74, 6) is -1.81. The number of alkyl halides is 3. The van der Waals surface area contributed by atoms with Crippen LogP contribution in [0, 0.1) is 17.8 Å². The van der Waals surface area contributed by atoms with E-state index in [9.17, 15) is 18.0 Å². The van der Waals surface area contributed by atoms with E-state index in [4.69, 9.17) is 15.6 Å². The zero-order chi connectivity index (χ0) is 14.8. The Morgan fingerprint density at radius 3 is 2.11 bits per heavy atom.